The highest BCUT2D eigenvalue weighted by atomic mass is 35.5. The van der Waals surface area contributed by atoms with Crippen LogP contribution in [0.3, 0.4) is 0 Å². The Morgan fingerprint density at radius 1 is 1.00 bits per heavy atom. The average molecular weight is 361 g/mol. The monoisotopic (exact) mass is 360 g/mol. The lowest BCUT2D eigenvalue weighted by atomic mass is 10.1. The minimum absolute atomic E-state index is 0.000211. The molecule has 0 atom stereocenters. The molecule has 0 aliphatic carbocycles. The SMILES string of the molecule is O=Cc1c(C(=O)O)nn(-c2ccc(Cl)cc2)c1-c1ccc(Cl)cc1. The molecule has 5 nitrogen and oxygen atoms in total. The van der Waals surface area contributed by atoms with Crippen LogP contribution in [-0.4, -0.2) is 27.1 Å². The molecule has 7 heteroatoms. The zero-order valence-corrected chi connectivity index (χ0v) is 13.6. The summed E-state index contributed by atoms with van der Waals surface area (Å²) < 4.78 is 1.41. The van der Waals surface area contributed by atoms with Crippen LogP contribution < -0.4 is 0 Å². The molecule has 1 aromatic heterocycles. The van der Waals surface area contributed by atoms with Crippen molar-refractivity contribution in [1.29, 1.82) is 0 Å². The van der Waals surface area contributed by atoms with Gasteiger partial charge in [0.15, 0.2) is 12.0 Å². The van der Waals surface area contributed by atoms with Gasteiger partial charge in [-0.25, -0.2) is 9.48 Å². The van der Waals surface area contributed by atoms with Crippen LogP contribution in [0.1, 0.15) is 20.8 Å². The van der Waals surface area contributed by atoms with Crippen LogP contribution >= 0.6 is 23.2 Å². The molecule has 0 amide bonds. The van der Waals surface area contributed by atoms with E-state index in [0.717, 1.165) is 0 Å². The van der Waals surface area contributed by atoms with Crippen LogP contribution in [0.5, 0.6) is 0 Å². The fraction of sp³-hybridized carbons (Fsp3) is 0. The van der Waals surface area contributed by atoms with E-state index >= 15 is 0 Å². The normalized spacial score (nSPS) is 10.6. The molecule has 3 rings (SSSR count). The zero-order chi connectivity index (χ0) is 17.3. The Morgan fingerprint density at radius 3 is 2.04 bits per heavy atom. The molecule has 0 saturated carbocycles. The van der Waals surface area contributed by atoms with Gasteiger partial charge >= 0.3 is 5.97 Å². The van der Waals surface area contributed by atoms with Gasteiger partial charge in [0.1, 0.15) is 0 Å². The van der Waals surface area contributed by atoms with E-state index in [1.165, 1.54) is 4.68 Å². The predicted molar refractivity (Wildman–Crippen MR) is 91.4 cm³/mol. The fourth-order valence-corrected chi connectivity index (χ4v) is 2.61. The number of hydrogen-bond donors (Lipinski definition) is 1. The maximum atomic E-state index is 11.5. The number of aldehydes is 1. The van der Waals surface area contributed by atoms with Gasteiger partial charge in [-0.2, -0.15) is 5.10 Å². The van der Waals surface area contributed by atoms with Gasteiger partial charge < -0.3 is 5.11 Å². The highest BCUT2D eigenvalue weighted by Crippen LogP contribution is 2.29. The second kappa shape index (κ2) is 6.47. The highest BCUT2D eigenvalue weighted by molar-refractivity contribution is 6.30. The summed E-state index contributed by atoms with van der Waals surface area (Å²) >= 11 is 11.8. The zero-order valence-electron chi connectivity index (χ0n) is 12.1. The number of nitrogens with zero attached hydrogens (tertiary/aromatic N) is 2. The minimum atomic E-state index is -1.28. The molecule has 1 heterocycles. The van der Waals surface area contributed by atoms with Crippen molar-refractivity contribution in [3.63, 3.8) is 0 Å². The second-order valence-corrected chi connectivity index (χ2v) is 5.80. The molecule has 0 aliphatic heterocycles. The Bertz CT molecular complexity index is 916. The summed E-state index contributed by atoms with van der Waals surface area (Å²) in [6, 6.07) is 13.4. The Balaban J connectivity index is 2.31. The van der Waals surface area contributed by atoms with Crippen molar-refractivity contribution >= 4 is 35.5 Å². The number of halogens is 2. The van der Waals surface area contributed by atoms with E-state index in [1.54, 1.807) is 48.5 Å². The first kappa shape index (κ1) is 16.2. The number of benzene rings is 2. The van der Waals surface area contributed by atoms with Gasteiger partial charge in [0.05, 0.1) is 16.9 Å². The molecule has 0 spiro atoms. The smallest absolute Gasteiger partial charge is 0.357 e. The van der Waals surface area contributed by atoms with Crippen LogP contribution in [-0.2, 0) is 0 Å². The standard InChI is InChI=1S/C17H10Cl2N2O3/c18-11-3-1-10(2-4-11)16-14(9-22)15(17(23)24)20-21(16)13-7-5-12(19)6-8-13/h1-9H,(H,23,24). The van der Waals surface area contributed by atoms with Crippen molar-refractivity contribution in [3.8, 4) is 16.9 Å². The number of aromatic carboxylic acids is 1. The number of carbonyl (C=O) groups excluding carboxylic acids is 1. The third-order valence-electron chi connectivity index (χ3n) is 3.43. The molecule has 0 saturated heterocycles. The van der Waals surface area contributed by atoms with E-state index < -0.39 is 5.97 Å². The van der Waals surface area contributed by atoms with Gasteiger partial charge in [-0.1, -0.05) is 35.3 Å². The second-order valence-electron chi connectivity index (χ2n) is 4.93. The Kier molecular flexibility index (Phi) is 4.38. The highest BCUT2D eigenvalue weighted by Gasteiger charge is 2.24. The first-order valence-electron chi connectivity index (χ1n) is 6.84. The molecule has 120 valence electrons. The molecule has 2 aromatic carbocycles. The first-order valence-corrected chi connectivity index (χ1v) is 7.60. The number of hydrogen-bond acceptors (Lipinski definition) is 3. The molecule has 24 heavy (non-hydrogen) atoms. The molecule has 1 N–H and O–H groups in total. The van der Waals surface area contributed by atoms with Crippen molar-refractivity contribution in [2.75, 3.05) is 0 Å². The Morgan fingerprint density at radius 2 is 1.54 bits per heavy atom. The topological polar surface area (TPSA) is 72.2 Å². The molecule has 0 bridgehead atoms. The predicted octanol–water partition coefficient (Wildman–Crippen LogP) is 4.36. The van der Waals surface area contributed by atoms with E-state index in [1.807, 2.05) is 0 Å². The molecular weight excluding hydrogens is 351 g/mol. The summed E-state index contributed by atoms with van der Waals surface area (Å²) in [6.45, 7) is 0. The van der Waals surface area contributed by atoms with Crippen LogP contribution in [0.2, 0.25) is 10.0 Å². The quantitative estimate of drug-likeness (QED) is 0.701. The van der Waals surface area contributed by atoms with Crippen LogP contribution in [0.4, 0.5) is 0 Å². The lowest BCUT2D eigenvalue weighted by molar-refractivity contribution is 0.0687. The third kappa shape index (κ3) is 2.91. The molecule has 3 aromatic rings. The van der Waals surface area contributed by atoms with Crippen LogP contribution in [0.15, 0.2) is 48.5 Å². The summed E-state index contributed by atoms with van der Waals surface area (Å²) in [7, 11) is 0. The van der Waals surface area contributed by atoms with Gasteiger partial charge in [-0.3, -0.25) is 4.79 Å². The van der Waals surface area contributed by atoms with E-state index in [4.69, 9.17) is 23.2 Å². The van der Waals surface area contributed by atoms with E-state index in [9.17, 15) is 14.7 Å². The van der Waals surface area contributed by atoms with Crippen molar-refractivity contribution in [3.05, 3.63) is 69.8 Å². The molecule has 0 fully saturated rings. The number of carboxylic acids is 1. The maximum Gasteiger partial charge on any atom is 0.357 e. The largest absolute Gasteiger partial charge is 0.476 e. The number of aromatic nitrogens is 2. The first-order chi connectivity index (χ1) is 11.5. The molecule has 0 aliphatic rings. The van der Waals surface area contributed by atoms with Crippen molar-refractivity contribution in [2.45, 2.75) is 0 Å². The summed E-state index contributed by atoms with van der Waals surface area (Å²) in [4.78, 5) is 23.0. The lowest BCUT2D eigenvalue weighted by Gasteiger charge is -2.08. The molecule has 0 unspecified atom stereocenters. The Labute approximate surface area is 147 Å². The average Bonchev–Trinajstić information content (AvgIpc) is 2.96. The van der Waals surface area contributed by atoms with Gasteiger partial charge in [0.2, 0.25) is 0 Å². The van der Waals surface area contributed by atoms with Crippen molar-refractivity contribution < 1.29 is 14.7 Å². The third-order valence-corrected chi connectivity index (χ3v) is 3.94. The summed E-state index contributed by atoms with van der Waals surface area (Å²) in [5.74, 6) is -1.28. The summed E-state index contributed by atoms with van der Waals surface area (Å²) in [5.41, 5.74) is 1.27. The number of carbonyl (C=O) groups is 2. The van der Waals surface area contributed by atoms with E-state index in [2.05, 4.69) is 5.10 Å². The van der Waals surface area contributed by atoms with E-state index in [0.29, 0.717) is 33.3 Å². The summed E-state index contributed by atoms with van der Waals surface area (Å²) in [6.07, 6.45) is 0.493. The lowest BCUT2D eigenvalue weighted by Crippen LogP contribution is -2.02. The number of rotatable bonds is 4. The number of carboxylic acid groups (broad SMARTS) is 1. The van der Waals surface area contributed by atoms with Gasteiger partial charge in [-0.15, -0.1) is 0 Å². The van der Waals surface area contributed by atoms with Crippen LogP contribution in [0, 0.1) is 0 Å². The van der Waals surface area contributed by atoms with Crippen molar-refractivity contribution in [1.82, 2.24) is 9.78 Å². The Hall–Kier alpha value is -2.63. The fourth-order valence-electron chi connectivity index (χ4n) is 2.35. The van der Waals surface area contributed by atoms with Gasteiger partial charge in [0, 0.05) is 15.6 Å². The molecular formula is C17H10Cl2N2O3. The van der Waals surface area contributed by atoms with Gasteiger partial charge in [0.25, 0.3) is 0 Å². The van der Waals surface area contributed by atoms with Gasteiger partial charge in [-0.05, 0) is 36.4 Å². The molecule has 0 radical (unpaired) electrons. The maximum absolute atomic E-state index is 11.5. The van der Waals surface area contributed by atoms with E-state index in [-0.39, 0.29) is 11.3 Å². The van der Waals surface area contributed by atoms with Crippen LogP contribution in [0.25, 0.3) is 16.9 Å². The summed E-state index contributed by atoms with van der Waals surface area (Å²) in [5, 5.41) is 14.5. The minimum Gasteiger partial charge on any atom is -0.476 e. The van der Waals surface area contributed by atoms with Crippen molar-refractivity contribution in [2.24, 2.45) is 0 Å².